The first-order valence-electron chi connectivity index (χ1n) is 11.6. The molecule has 1 saturated heterocycles. The van der Waals surface area contributed by atoms with Gasteiger partial charge in [-0.15, -0.1) is 0 Å². The Morgan fingerprint density at radius 3 is 2.69 bits per heavy atom. The molecule has 1 aliphatic heterocycles. The molecular formula is C22H30B2BrN5OS. The van der Waals surface area contributed by atoms with Crippen molar-refractivity contribution in [2.24, 2.45) is 0 Å². The van der Waals surface area contributed by atoms with Crippen molar-refractivity contribution in [1.82, 2.24) is 24.2 Å². The van der Waals surface area contributed by atoms with E-state index in [2.05, 4.69) is 64.6 Å². The Balaban J connectivity index is 1.48. The number of ether oxygens (including phenoxy) is 1. The monoisotopic (exact) mass is 513 g/mol. The van der Waals surface area contributed by atoms with Gasteiger partial charge in [-0.05, 0) is 53.9 Å². The highest BCUT2D eigenvalue weighted by Gasteiger charge is 2.33. The third kappa shape index (κ3) is 4.43. The van der Waals surface area contributed by atoms with Crippen LogP contribution in [0.4, 0.5) is 0 Å². The molecule has 10 heteroatoms. The van der Waals surface area contributed by atoms with Crippen LogP contribution in [0.25, 0.3) is 22.0 Å². The summed E-state index contributed by atoms with van der Waals surface area (Å²) in [6, 6.07) is 3.54. The minimum Gasteiger partial charge on any atom is -0.358 e. The second-order valence-electron chi connectivity index (χ2n) is 9.05. The number of pyridine rings is 1. The number of hydrogen-bond donors (Lipinski definition) is 0. The normalized spacial score (nSPS) is 18.1. The van der Waals surface area contributed by atoms with E-state index in [9.17, 15) is 0 Å². The van der Waals surface area contributed by atoms with Gasteiger partial charge in [0.1, 0.15) is 11.3 Å². The van der Waals surface area contributed by atoms with Crippen molar-refractivity contribution in [3.05, 3.63) is 23.1 Å². The molecule has 0 amide bonds. The molecule has 0 aromatic carbocycles. The molecule has 0 bridgehead atoms. The maximum Gasteiger partial charge on any atom is 0.167 e. The third-order valence-corrected chi connectivity index (χ3v) is 7.95. The summed E-state index contributed by atoms with van der Waals surface area (Å²) in [6.07, 6.45) is 11.7. The van der Waals surface area contributed by atoms with Crippen molar-refractivity contribution in [3.63, 3.8) is 0 Å². The minimum absolute atomic E-state index is 0.497. The highest BCUT2D eigenvalue weighted by atomic mass is 79.9. The molecule has 6 nitrogen and oxygen atoms in total. The standard InChI is InChI=1S/C22H30B2BrN5OS/c1-32-9-8-31-13-30-22(24)20(21(23)27-30)17-12-29(18-11-26-19(25)10-16(17)18)15-4-6-28(7-5-15)14-2-3-14/h10-12,14-15H,2-9,13,23-24H2,1H3. The summed E-state index contributed by atoms with van der Waals surface area (Å²) in [5, 5.41) is 6.05. The molecule has 0 radical (unpaired) electrons. The summed E-state index contributed by atoms with van der Waals surface area (Å²) < 4.78 is 11.2. The molecule has 3 aromatic heterocycles. The summed E-state index contributed by atoms with van der Waals surface area (Å²) in [5.41, 5.74) is 5.89. The first kappa shape index (κ1) is 22.6. The average molecular weight is 514 g/mol. The van der Waals surface area contributed by atoms with E-state index in [4.69, 9.17) is 9.84 Å². The van der Waals surface area contributed by atoms with E-state index in [-0.39, 0.29) is 0 Å². The number of piperidine rings is 1. The van der Waals surface area contributed by atoms with Crippen LogP contribution in [0.5, 0.6) is 0 Å². The fourth-order valence-corrected chi connectivity index (χ4v) is 5.71. The number of halogens is 1. The van der Waals surface area contributed by atoms with Crippen LogP contribution >= 0.6 is 27.7 Å². The lowest BCUT2D eigenvalue weighted by atomic mass is 9.87. The van der Waals surface area contributed by atoms with Crippen molar-refractivity contribution in [1.29, 1.82) is 0 Å². The van der Waals surface area contributed by atoms with E-state index in [0.29, 0.717) is 12.8 Å². The van der Waals surface area contributed by atoms with Crippen LogP contribution in [-0.2, 0) is 11.5 Å². The lowest BCUT2D eigenvalue weighted by molar-refractivity contribution is 0.0837. The fraction of sp³-hybridized carbons (Fsp3) is 0.545. The summed E-state index contributed by atoms with van der Waals surface area (Å²) in [4.78, 5) is 7.26. The molecule has 4 heterocycles. The Morgan fingerprint density at radius 1 is 1.19 bits per heavy atom. The number of thioether (sulfide) groups is 1. The highest BCUT2D eigenvalue weighted by molar-refractivity contribution is 9.10. The van der Waals surface area contributed by atoms with Crippen molar-refractivity contribution in [2.45, 2.75) is 44.5 Å². The third-order valence-electron chi connectivity index (χ3n) is 6.94. The van der Waals surface area contributed by atoms with Crippen molar-refractivity contribution >= 4 is 65.5 Å². The molecule has 0 atom stereocenters. The molecule has 1 aliphatic carbocycles. The molecule has 168 valence electrons. The number of likely N-dealkylation sites (tertiary alicyclic amines) is 1. The van der Waals surface area contributed by atoms with Gasteiger partial charge in [0.25, 0.3) is 0 Å². The second kappa shape index (κ2) is 9.57. The van der Waals surface area contributed by atoms with Crippen molar-refractivity contribution in [3.8, 4) is 11.1 Å². The van der Waals surface area contributed by atoms with Gasteiger partial charge >= 0.3 is 0 Å². The smallest absolute Gasteiger partial charge is 0.167 e. The molecule has 32 heavy (non-hydrogen) atoms. The first-order valence-corrected chi connectivity index (χ1v) is 13.8. The predicted molar refractivity (Wildman–Crippen MR) is 142 cm³/mol. The molecule has 5 rings (SSSR count). The molecule has 0 spiro atoms. The van der Waals surface area contributed by atoms with E-state index >= 15 is 0 Å². The van der Waals surface area contributed by atoms with Crippen molar-refractivity contribution in [2.75, 3.05) is 31.7 Å². The van der Waals surface area contributed by atoms with Crippen LogP contribution in [0.1, 0.15) is 31.7 Å². The summed E-state index contributed by atoms with van der Waals surface area (Å²) in [7, 11) is 4.26. The summed E-state index contributed by atoms with van der Waals surface area (Å²) in [5.74, 6) is 1.00. The van der Waals surface area contributed by atoms with Crippen LogP contribution < -0.4 is 11.2 Å². The van der Waals surface area contributed by atoms with Gasteiger partial charge in [0.05, 0.1) is 18.3 Å². The summed E-state index contributed by atoms with van der Waals surface area (Å²) >= 11 is 5.40. The van der Waals surface area contributed by atoms with Gasteiger partial charge < -0.3 is 14.2 Å². The number of aromatic nitrogens is 4. The largest absolute Gasteiger partial charge is 0.358 e. The van der Waals surface area contributed by atoms with E-state index < -0.39 is 0 Å². The lowest BCUT2D eigenvalue weighted by Gasteiger charge is -2.33. The van der Waals surface area contributed by atoms with Crippen LogP contribution in [0.15, 0.2) is 23.1 Å². The molecule has 1 saturated carbocycles. The van der Waals surface area contributed by atoms with Crippen LogP contribution in [0.3, 0.4) is 0 Å². The SMILES string of the molecule is Bc1nn(COCCSC)c(B)c1-c1cn(C2CCN(C3CC3)CC2)c2cnc(Br)cc12. The maximum atomic E-state index is 5.84. The Hall–Kier alpha value is -1.22. The van der Waals surface area contributed by atoms with Gasteiger partial charge in [0.15, 0.2) is 15.7 Å². The number of rotatable bonds is 8. The van der Waals surface area contributed by atoms with E-state index in [1.165, 1.54) is 60.8 Å². The predicted octanol–water partition coefficient (Wildman–Crippen LogP) is 1.32. The Labute approximate surface area is 204 Å². The van der Waals surface area contributed by atoms with E-state index in [0.717, 1.165) is 34.2 Å². The Morgan fingerprint density at radius 2 is 1.97 bits per heavy atom. The van der Waals surface area contributed by atoms with Crippen LogP contribution in [-0.4, -0.2) is 77.7 Å². The van der Waals surface area contributed by atoms with Crippen molar-refractivity contribution < 1.29 is 4.74 Å². The Bertz CT molecular complexity index is 1110. The van der Waals surface area contributed by atoms with Crippen LogP contribution in [0, 0.1) is 0 Å². The zero-order valence-electron chi connectivity index (χ0n) is 19.2. The topological polar surface area (TPSA) is 48.1 Å². The van der Waals surface area contributed by atoms with Gasteiger partial charge in [0.2, 0.25) is 0 Å². The zero-order valence-corrected chi connectivity index (χ0v) is 21.6. The Kier molecular flexibility index (Phi) is 6.75. The van der Waals surface area contributed by atoms with Gasteiger partial charge in [-0.25, -0.2) is 4.98 Å². The molecule has 3 aromatic rings. The quantitative estimate of drug-likeness (QED) is 0.258. The lowest BCUT2D eigenvalue weighted by Crippen LogP contribution is -2.36. The minimum atomic E-state index is 0.497. The maximum absolute atomic E-state index is 5.84. The first-order chi connectivity index (χ1) is 15.6. The highest BCUT2D eigenvalue weighted by Crippen LogP contribution is 2.37. The molecule has 2 fully saturated rings. The number of hydrogen-bond acceptors (Lipinski definition) is 5. The van der Waals surface area contributed by atoms with Crippen LogP contribution in [0.2, 0.25) is 0 Å². The molecular weight excluding hydrogens is 484 g/mol. The second-order valence-corrected chi connectivity index (χ2v) is 10.8. The molecule has 0 unspecified atom stereocenters. The van der Waals surface area contributed by atoms with E-state index in [1.54, 1.807) is 11.8 Å². The fourth-order valence-electron chi connectivity index (χ4n) is 5.10. The van der Waals surface area contributed by atoms with Gasteiger partial charge in [-0.3, -0.25) is 4.68 Å². The number of nitrogens with zero attached hydrogens (tertiary/aromatic N) is 5. The zero-order chi connectivity index (χ0) is 22.2. The van der Waals surface area contributed by atoms with Gasteiger partial charge in [-0.1, -0.05) is 0 Å². The van der Waals surface area contributed by atoms with Gasteiger partial charge in [-0.2, -0.15) is 16.9 Å². The molecule has 0 N–H and O–H groups in total. The summed E-state index contributed by atoms with van der Waals surface area (Å²) in [6.45, 7) is 3.65. The van der Waals surface area contributed by atoms with Gasteiger partial charge in [0, 0.05) is 64.8 Å². The van der Waals surface area contributed by atoms with E-state index in [1.807, 2.05) is 10.9 Å². The average Bonchev–Trinajstić information content (AvgIpc) is 3.53. The number of fused-ring (bicyclic) bond motifs is 1. The molecule has 2 aliphatic rings.